The molecule has 88 valence electrons. The van der Waals surface area contributed by atoms with Gasteiger partial charge in [-0.25, -0.2) is 0 Å². The van der Waals surface area contributed by atoms with E-state index in [1.54, 1.807) is 0 Å². The second-order valence-corrected chi connectivity index (χ2v) is 5.78. The summed E-state index contributed by atoms with van der Waals surface area (Å²) in [6, 6.07) is 17.0. The first kappa shape index (κ1) is 12.8. The fourth-order valence-corrected chi connectivity index (χ4v) is 2.18. The summed E-state index contributed by atoms with van der Waals surface area (Å²) in [5.41, 5.74) is 2.70. The van der Waals surface area contributed by atoms with Crippen LogP contribution in [-0.2, 0) is 13.1 Å². The number of halogens is 2. The fourth-order valence-electron chi connectivity index (χ4n) is 1.65. The second-order valence-electron chi connectivity index (χ2n) is 3.95. The van der Waals surface area contributed by atoms with E-state index in [0.29, 0.717) is 0 Å². The van der Waals surface area contributed by atoms with E-state index in [-0.39, 0.29) is 0 Å². The van der Waals surface area contributed by atoms with Crippen molar-refractivity contribution in [3.63, 3.8) is 0 Å². The topological polar surface area (TPSA) is 16.6 Å². The van der Waals surface area contributed by atoms with Gasteiger partial charge in [0.15, 0.2) is 0 Å². The first-order valence-electron chi connectivity index (χ1n) is 5.54. The number of nitrogens with two attached hydrogens (primary N) is 1. The molecular formula is C14H14Br2N+. The molecule has 0 radical (unpaired) electrons. The van der Waals surface area contributed by atoms with Crippen LogP contribution in [-0.4, -0.2) is 0 Å². The summed E-state index contributed by atoms with van der Waals surface area (Å²) in [5, 5.41) is 2.31. The van der Waals surface area contributed by atoms with Crippen LogP contribution in [0.15, 0.2) is 57.5 Å². The Bertz CT molecular complexity index is 417. The van der Waals surface area contributed by atoms with Crippen LogP contribution in [0.4, 0.5) is 0 Å². The van der Waals surface area contributed by atoms with Crippen LogP contribution >= 0.6 is 31.9 Å². The average Bonchev–Trinajstić information content (AvgIpc) is 2.34. The minimum absolute atomic E-state index is 1.02. The predicted octanol–water partition coefficient (Wildman–Crippen LogP) is 3.48. The van der Waals surface area contributed by atoms with Crippen LogP contribution in [0.1, 0.15) is 11.1 Å². The normalized spacial score (nSPS) is 10.5. The van der Waals surface area contributed by atoms with Gasteiger partial charge in [-0.1, -0.05) is 56.1 Å². The van der Waals surface area contributed by atoms with Gasteiger partial charge < -0.3 is 5.32 Å². The maximum Gasteiger partial charge on any atom is 0.101 e. The maximum absolute atomic E-state index is 3.44. The third-order valence-electron chi connectivity index (χ3n) is 2.59. The molecule has 0 saturated carbocycles. The van der Waals surface area contributed by atoms with Crippen LogP contribution < -0.4 is 5.32 Å². The molecule has 0 fully saturated rings. The van der Waals surface area contributed by atoms with E-state index in [1.165, 1.54) is 11.1 Å². The number of quaternary nitrogens is 1. The van der Waals surface area contributed by atoms with E-state index in [0.717, 1.165) is 22.0 Å². The summed E-state index contributed by atoms with van der Waals surface area (Å²) < 4.78 is 2.27. The third-order valence-corrected chi connectivity index (χ3v) is 3.64. The van der Waals surface area contributed by atoms with Gasteiger partial charge in [0.25, 0.3) is 0 Å². The molecule has 1 nitrogen and oxygen atoms in total. The first-order valence-corrected chi connectivity index (χ1v) is 7.13. The molecular weight excluding hydrogens is 342 g/mol. The molecule has 2 aromatic rings. The van der Waals surface area contributed by atoms with E-state index in [1.807, 2.05) is 0 Å². The Morgan fingerprint density at radius 2 is 1.00 bits per heavy atom. The third kappa shape index (κ3) is 4.26. The van der Waals surface area contributed by atoms with Crippen molar-refractivity contribution in [3.8, 4) is 0 Å². The maximum atomic E-state index is 3.44. The van der Waals surface area contributed by atoms with Gasteiger partial charge in [-0.05, 0) is 24.3 Å². The molecule has 0 spiro atoms. The molecule has 0 aliphatic heterocycles. The van der Waals surface area contributed by atoms with Crippen molar-refractivity contribution in [2.45, 2.75) is 13.1 Å². The van der Waals surface area contributed by atoms with Gasteiger partial charge in [0.2, 0.25) is 0 Å². The lowest BCUT2D eigenvalue weighted by Crippen LogP contribution is -2.80. The molecule has 2 N–H and O–H groups in total. The minimum atomic E-state index is 1.02. The number of hydrogen-bond donors (Lipinski definition) is 1. The second kappa shape index (κ2) is 6.34. The average molecular weight is 356 g/mol. The quantitative estimate of drug-likeness (QED) is 0.864. The Balaban J connectivity index is 1.83. The minimum Gasteiger partial charge on any atom is -0.339 e. The molecule has 0 aliphatic carbocycles. The fraction of sp³-hybridized carbons (Fsp3) is 0.143. The van der Waals surface area contributed by atoms with Crippen LogP contribution in [0.25, 0.3) is 0 Å². The lowest BCUT2D eigenvalue weighted by atomic mass is 10.2. The number of hydrogen-bond acceptors (Lipinski definition) is 0. The molecule has 0 amide bonds. The standard InChI is InChI=1S/C14H13Br2N/c15-13-5-1-11(2-6-13)9-17-10-12-3-7-14(16)8-4-12/h1-8,17H,9-10H2/p+1. The Morgan fingerprint density at radius 3 is 1.35 bits per heavy atom. The highest BCUT2D eigenvalue weighted by molar-refractivity contribution is 9.10. The van der Waals surface area contributed by atoms with Gasteiger partial charge in [-0.2, -0.15) is 0 Å². The summed E-state index contributed by atoms with van der Waals surface area (Å²) in [5.74, 6) is 0. The van der Waals surface area contributed by atoms with Crippen LogP contribution in [0.2, 0.25) is 0 Å². The smallest absolute Gasteiger partial charge is 0.101 e. The predicted molar refractivity (Wildman–Crippen MR) is 77.6 cm³/mol. The summed E-state index contributed by atoms with van der Waals surface area (Å²) in [7, 11) is 0. The highest BCUT2D eigenvalue weighted by atomic mass is 79.9. The SMILES string of the molecule is Brc1ccc(C[NH2+]Cc2ccc(Br)cc2)cc1. The molecule has 2 rings (SSSR count). The molecule has 17 heavy (non-hydrogen) atoms. The molecule has 0 saturated heterocycles. The molecule has 0 aliphatic rings. The van der Waals surface area contributed by atoms with Gasteiger partial charge in [0, 0.05) is 20.1 Å². The molecule has 0 aromatic heterocycles. The molecule has 0 heterocycles. The van der Waals surface area contributed by atoms with Crippen molar-refractivity contribution in [2.24, 2.45) is 0 Å². The summed E-state index contributed by atoms with van der Waals surface area (Å²) in [4.78, 5) is 0. The van der Waals surface area contributed by atoms with Gasteiger partial charge in [0.1, 0.15) is 13.1 Å². The van der Waals surface area contributed by atoms with E-state index in [4.69, 9.17) is 0 Å². The van der Waals surface area contributed by atoms with Crippen LogP contribution in [0, 0.1) is 0 Å². The summed E-state index contributed by atoms with van der Waals surface area (Å²) >= 11 is 6.88. The molecule has 0 atom stereocenters. The van der Waals surface area contributed by atoms with Gasteiger partial charge in [-0.3, -0.25) is 0 Å². The monoisotopic (exact) mass is 354 g/mol. The van der Waals surface area contributed by atoms with Gasteiger partial charge in [-0.15, -0.1) is 0 Å². The van der Waals surface area contributed by atoms with E-state index in [9.17, 15) is 0 Å². The number of benzene rings is 2. The van der Waals surface area contributed by atoms with Gasteiger partial charge in [0.05, 0.1) is 0 Å². The van der Waals surface area contributed by atoms with E-state index < -0.39 is 0 Å². The van der Waals surface area contributed by atoms with Crippen molar-refractivity contribution in [1.29, 1.82) is 0 Å². The highest BCUT2D eigenvalue weighted by Gasteiger charge is 1.97. The Kier molecular flexibility index (Phi) is 4.77. The van der Waals surface area contributed by atoms with Crippen molar-refractivity contribution >= 4 is 31.9 Å². The van der Waals surface area contributed by atoms with E-state index in [2.05, 4.69) is 85.7 Å². The Hall–Kier alpha value is -0.640. The van der Waals surface area contributed by atoms with Crippen molar-refractivity contribution in [3.05, 3.63) is 68.6 Å². The van der Waals surface area contributed by atoms with Gasteiger partial charge >= 0.3 is 0 Å². The zero-order chi connectivity index (χ0) is 12.1. The van der Waals surface area contributed by atoms with Crippen molar-refractivity contribution in [2.75, 3.05) is 0 Å². The Labute approximate surface area is 119 Å². The Morgan fingerprint density at radius 1 is 0.647 bits per heavy atom. The zero-order valence-corrected chi connectivity index (χ0v) is 12.5. The highest BCUT2D eigenvalue weighted by Crippen LogP contribution is 2.10. The molecule has 3 heteroatoms. The lowest BCUT2D eigenvalue weighted by Gasteiger charge is -2.02. The summed E-state index contributed by atoms with van der Waals surface area (Å²) in [6.07, 6.45) is 0. The summed E-state index contributed by atoms with van der Waals surface area (Å²) in [6.45, 7) is 2.03. The van der Waals surface area contributed by atoms with E-state index >= 15 is 0 Å². The largest absolute Gasteiger partial charge is 0.339 e. The van der Waals surface area contributed by atoms with Crippen molar-refractivity contribution < 1.29 is 5.32 Å². The lowest BCUT2D eigenvalue weighted by molar-refractivity contribution is -0.686. The molecule has 0 unspecified atom stereocenters. The van der Waals surface area contributed by atoms with Crippen molar-refractivity contribution in [1.82, 2.24) is 0 Å². The zero-order valence-electron chi connectivity index (χ0n) is 9.37. The molecule has 0 bridgehead atoms. The van der Waals surface area contributed by atoms with Crippen LogP contribution in [0.5, 0.6) is 0 Å². The van der Waals surface area contributed by atoms with Crippen LogP contribution in [0.3, 0.4) is 0 Å². The first-order chi connectivity index (χ1) is 8.24. The molecule has 2 aromatic carbocycles. The number of rotatable bonds is 4.